The Kier molecular flexibility index (Phi) is 6.19. The zero-order valence-electron chi connectivity index (χ0n) is 11.5. The molecule has 0 saturated heterocycles. The molecule has 1 amide bonds. The lowest BCUT2D eigenvalue weighted by Crippen LogP contribution is -2.43. The monoisotopic (exact) mass is 295 g/mol. The average Bonchev–Trinajstić information content (AvgIpc) is 2.40. The van der Waals surface area contributed by atoms with Crippen LogP contribution in [-0.2, 0) is 14.4 Å². The van der Waals surface area contributed by atoms with E-state index in [0.29, 0.717) is 5.75 Å². The summed E-state index contributed by atoms with van der Waals surface area (Å²) in [6, 6.07) is 5.83. The van der Waals surface area contributed by atoms with E-state index in [4.69, 9.17) is 14.9 Å². The number of ether oxygens (including phenoxy) is 1. The van der Waals surface area contributed by atoms with Crippen molar-refractivity contribution in [2.45, 2.75) is 25.8 Å². The van der Waals surface area contributed by atoms with Crippen LogP contribution in [0.4, 0.5) is 0 Å². The minimum Gasteiger partial charge on any atom is -0.484 e. The van der Waals surface area contributed by atoms with Gasteiger partial charge in [-0.25, -0.2) is 4.79 Å². The summed E-state index contributed by atoms with van der Waals surface area (Å²) in [5.41, 5.74) is 0.970. The fourth-order valence-corrected chi connectivity index (χ4v) is 1.62. The second kappa shape index (κ2) is 7.88. The summed E-state index contributed by atoms with van der Waals surface area (Å²) in [4.78, 5) is 33.0. The second-order valence-electron chi connectivity index (χ2n) is 4.50. The van der Waals surface area contributed by atoms with Crippen LogP contribution in [0, 0.1) is 6.92 Å². The Bertz CT molecular complexity index is 528. The number of benzene rings is 1. The van der Waals surface area contributed by atoms with E-state index in [9.17, 15) is 14.4 Å². The first kappa shape index (κ1) is 16.5. The number of hydrogen-bond acceptors (Lipinski definition) is 4. The molecule has 0 heterocycles. The van der Waals surface area contributed by atoms with Crippen LogP contribution >= 0.6 is 0 Å². The van der Waals surface area contributed by atoms with Gasteiger partial charge in [0.05, 0.1) is 0 Å². The quantitative estimate of drug-likeness (QED) is 0.654. The Morgan fingerprint density at radius 2 is 2.00 bits per heavy atom. The first-order chi connectivity index (χ1) is 9.88. The molecule has 0 spiro atoms. The van der Waals surface area contributed by atoms with E-state index in [-0.39, 0.29) is 19.4 Å². The Morgan fingerprint density at radius 1 is 1.29 bits per heavy atom. The van der Waals surface area contributed by atoms with Gasteiger partial charge in [-0.1, -0.05) is 12.1 Å². The van der Waals surface area contributed by atoms with Crippen molar-refractivity contribution in [1.29, 1.82) is 0 Å². The molecule has 21 heavy (non-hydrogen) atoms. The minimum absolute atomic E-state index is 0.180. The second-order valence-corrected chi connectivity index (χ2v) is 4.50. The van der Waals surface area contributed by atoms with Crippen LogP contribution in [0.2, 0.25) is 0 Å². The summed E-state index contributed by atoms with van der Waals surface area (Å²) >= 11 is 0. The lowest BCUT2D eigenvalue weighted by atomic mass is 10.1. The van der Waals surface area contributed by atoms with E-state index in [0.717, 1.165) is 5.56 Å². The lowest BCUT2D eigenvalue weighted by molar-refractivity contribution is -0.143. The van der Waals surface area contributed by atoms with E-state index in [1.807, 2.05) is 13.0 Å². The predicted octanol–water partition coefficient (Wildman–Crippen LogP) is 0.808. The zero-order valence-corrected chi connectivity index (χ0v) is 11.5. The van der Waals surface area contributed by atoms with Gasteiger partial charge in [-0.15, -0.1) is 0 Å². The normalized spacial score (nSPS) is 11.5. The summed E-state index contributed by atoms with van der Waals surface area (Å²) in [7, 11) is 0. The van der Waals surface area contributed by atoms with Crippen LogP contribution in [0.5, 0.6) is 5.75 Å². The molecule has 0 radical (unpaired) electrons. The summed E-state index contributed by atoms with van der Waals surface area (Å²) in [5, 5.41) is 19.7. The van der Waals surface area contributed by atoms with Gasteiger partial charge >= 0.3 is 11.9 Å². The number of rotatable bonds is 8. The van der Waals surface area contributed by atoms with Crippen molar-refractivity contribution < 1.29 is 29.3 Å². The molecule has 1 aromatic carbocycles. The number of aryl methyl sites for hydroxylation is 1. The van der Waals surface area contributed by atoms with Crippen LogP contribution in [0.1, 0.15) is 18.4 Å². The van der Waals surface area contributed by atoms with Crippen LogP contribution in [0.3, 0.4) is 0 Å². The SMILES string of the molecule is Cc1cccc(OCC(=O)N[C@@H](CCC(=O)O)C(=O)O)c1. The van der Waals surface area contributed by atoms with Crippen molar-refractivity contribution >= 4 is 17.8 Å². The first-order valence-corrected chi connectivity index (χ1v) is 6.32. The van der Waals surface area contributed by atoms with Crippen molar-refractivity contribution in [3.8, 4) is 5.75 Å². The van der Waals surface area contributed by atoms with Crippen molar-refractivity contribution in [2.75, 3.05) is 6.61 Å². The van der Waals surface area contributed by atoms with Crippen LogP contribution in [0.15, 0.2) is 24.3 Å². The van der Waals surface area contributed by atoms with E-state index in [1.165, 1.54) is 0 Å². The molecule has 0 fully saturated rings. The molecule has 0 aromatic heterocycles. The third-order valence-electron chi connectivity index (χ3n) is 2.64. The Morgan fingerprint density at radius 3 is 2.57 bits per heavy atom. The molecule has 0 saturated carbocycles. The minimum atomic E-state index is -1.28. The molecule has 7 nitrogen and oxygen atoms in total. The molecule has 3 N–H and O–H groups in total. The van der Waals surface area contributed by atoms with Crippen molar-refractivity contribution in [3.63, 3.8) is 0 Å². The molecule has 1 rings (SSSR count). The molecule has 0 aliphatic heterocycles. The van der Waals surface area contributed by atoms with Crippen molar-refractivity contribution in [3.05, 3.63) is 29.8 Å². The van der Waals surface area contributed by atoms with Crippen LogP contribution in [0.25, 0.3) is 0 Å². The average molecular weight is 295 g/mol. The fraction of sp³-hybridized carbons (Fsp3) is 0.357. The molecular weight excluding hydrogens is 278 g/mol. The van der Waals surface area contributed by atoms with Gasteiger partial charge in [0, 0.05) is 6.42 Å². The highest BCUT2D eigenvalue weighted by Gasteiger charge is 2.21. The Balaban J connectivity index is 2.46. The van der Waals surface area contributed by atoms with Gasteiger partial charge < -0.3 is 20.3 Å². The molecule has 1 aromatic rings. The largest absolute Gasteiger partial charge is 0.484 e. The van der Waals surface area contributed by atoms with Gasteiger partial charge in [0.2, 0.25) is 0 Å². The molecule has 0 bridgehead atoms. The maximum Gasteiger partial charge on any atom is 0.326 e. The molecule has 114 valence electrons. The number of nitrogens with one attached hydrogen (secondary N) is 1. The van der Waals surface area contributed by atoms with Gasteiger partial charge in [0.25, 0.3) is 5.91 Å². The molecule has 7 heteroatoms. The number of carbonyl (C=O) groups excluding carboxylic acids is 1. The number of carboxylic acids is 2. The molecule has 0 aliphatic rings. The number of hydrogen-bond donors (Lipinski definition) is 3. The molecule has 0 unspecified atom stereocenters. The summed E-state index contributed by atoms with van der Waals surface area (Å²) in [6.07, 6.45) is -0.517. The van der Waals surface area contributed by atoms with Gasteiger partial charge in [-0.2, -0.15) is 0 Å². The van der Waals surface area contributed by atoms with E-state index in [1.54, 1.807) is 18.2 Å². The van der Waals surface area contributed by atoms with Gasteiger partial charge in [-0.05, 0) is 31.0 Å². The molecule has 0 aliphatic carbocycles. The highest BCUT2D eigenvalue weighted by molar-refractivity contribution is 5.84. The van der Waals surface area contributed by atoms with Crippen LogP contribution in [-0.4, -0.2) is 40.7 Å². The Labute approximate surface area is 121 Å². The highest BCUT2D eigenvalue weighted by atomic mass is 16.5. The third kappa shape index (κ3) is 6.42. The van der Waals surface area contributed by atoms with Gasteiger partial charge in [-0.3, -0.25) is 9.59 Å². The zero-order chi connectivity index (χ0) is 15.8. The molecular formula is C14H17NO6. The maximum absolute atomic E-state index is 11.6. The van der Waals surface area contributed by atoms with Gasteiger partial charge in [0.1, 0.15) is 11.8 Å². The van der Waals surface area contributed by atoms with Crippen LogP contribution < -0.4 is 10.1 Å². The molecule has 1 atom stereocenters. The van der Waals surface area contributed by atoms with E-state index < -0.39 is 23.9 Å². The van der Waals surface area contributed by atoms with Crippen molar-refractivity contribution in [1.82, 2.24) is 5.32 Å². The van der Waals surface area contributed by atoms with E-state index in [2.05, 4.69) is 5.32 Å². The number of carbonyl (C=O) groups is 3. The number of carboxylic acid groups (broad SMARTS) is 2. The fourth-order valence-electron chi connectivity index (χ4n) is 1.62. The van der Waals surface area contributed by atoms with E-state index >= 15 is 0 Å². The smallest absolute Gasteiger partial charge is 0.326 e. The number of amides is 1. The third-order valence-corrected chi connectivity index (χ3v) is 2.64. The highest BCUT2D eigenvalue weighted by Crippen LogP contribution is 2.12. The lowest BCUT2D eigenvalue weighted by Gasteiger charge is -2.14. The van der Waals surface area contributed by atoms with Gasteiger partial charge in [0.15, 0.2) is 6.61 Å². The summed E-state index contributed by atoms with van der Waals surface area (Å²) < 4.78 is 5.23. The first-order valence-electron chi connectivity index (χ1n) is 6.32. The summed E-state index contributed by atoms with van der Waals surface area (Å²) in [6.45, 7) is 1.54. The Hall–Kier alpha value is -2.57. The standard InChI is InChI=1S/C14H17NO6/c1-9-3-2-4-10(7-9)21-8-12(16)15-11(14(19)20)5-6-13(17)18/h2-4,7,11H,5-6,8H2,1H3,(H,15,16)(H,17,18)(H,19,20)/t11-/m0/s1. The summed E-state index contributed by atoms with van der Waals surface area (Å²) in [5.74, 6) is -2.51. The maximum atomic E-state index is 11.6. The van der Waals surface area contributed by atoms with Crippen molar-refractivity contribution in [2.24, 2.45) is 0 Å². The topological polar surface area (TPSA) is 113 Å². The predicted molar refractivity (Wildman–Crippen MR) is 73.1 cm³/mol. The number of aliphatic carboxylic acids is 2.